The molecule has 0 radical (unpaired) electrons. The number of rotatable bonds is 6. The fourth-order valence-corrected chi connectivity index (χ4v) is 4.84. The summed E-state index contributed by atoms with van der Waals surface area (Å²) in [5.74, 6) is -0.197. The first kappa shape index (κ1) is 21.3. The molecule has 0 aromatic heterocycles. The number of aryl methyl sites for hydroxylation is 2. The van der Waals surface area contributed by atoms with Crippen LogP contribution in [0, 0.1) is 20.8 Å². The SMILES string of the molecule is Cc1ccc(NCC(=O)Nc2cccc(C)c2C)cc1S(=O)(=O)N1CCOCC1. The van der Waals surface area contributed by atoms with Gasteiger partial charge in [-0.3, -0.25) is 4.79 Å². The lowest BCUT2D eigenvalue weighted by atomic mass is 10.1. The third-order valence-corrected chi connectivity index (χ3v) is 7.15. The van der Waals surface area contributed by atoms with Gasteiger partial charge in [-0.1, -0.05) is 18.2 Å². The average Bonchev–Trinajstić information content (AvgIpc) is 2.71. The quantitative estimate of drug-likeness (QED) is 0.755. The molecule has 1 aliphatic heterocycles. The van der Waals surface area contributed by atoms with E-state index in [0.29, 0.717) is 37.6 Å². The lowest BCUT2D eigenvalue weighted by Crippen LogP contribution is -2.40. The molecule has 2 aromatic carbocycles. The van der Waals surface area contributed by atoms with E-state index < -0.39 is 10.0 Å². The zero-order valence-corrected chi connectivity index (χ0v) is 17.8. The van der Waals surface area contributed by atoms with Gasteiger partial charge in [0.25, 0.3) is 0 Å². The topological polar surface area (TPSA) is 87.7 Å². The van der Waals surface area contributed by atoms with Gasteiger partial charge in [0.2, 0.25) is 15.9 Å². The van der Waals surface area contributed by atoms with Crippen LogP contribution < -0.4 is 10.6 Å². The molecule has 29 heavy (non-hydrogen) atoms. The van der Waals surface area contributed by atoms with Gasteiger partial charge in [-0.15, -0.1) is 0 Å². The van der Waals surface area contributed by atoms with Crippen molar-refractivity contribution >= 4 is 27.3 Å². The summed E-state index contributed by atoms with van der Waals surface area (Å²) in [6.07, 6.45) is 0. The van der Waals surface area contributed by atoms with Crippen molar-refractivity contribution in [2.24, 2.45) is 0 Å². The highest BCUT2D eigenvalue weighted by molar-refractivity contribution is 7.89. The van der Waals surface area contributed by atoms with Crippen molar-refractivity contribution in [1.82, 2.24) is 4.31 Å². The normalized spacial score (nSPS) is 15.1. The van der Waals surface area contributed by atoms with E-state index in [1.807, 2.05) is 32.0 Å². The first-order valence-corrected chi connectivity index (χ1v) is 11.0. The third kappa shape index (κ3) is 4.95. The number of ether oxygens (including phenoxy) is 1. The Kier molecular flexibility index (Phi) is 6.56. The highest BCUT2D eigenvalue weighted by atomic mass is 32.2. The van der Waals surface area contributed by atoms with Crippen molar-refractivity contribution in [3.63, 3.8) is 0 Å². The number of carbonyl (C=O) groups is 1. The summed E-state index contributed by atoms with van der Waals surface area (Å²) in [7, 11) is -3.60. The second-order valence-corrected chi connectivity index (χ2v) is 9.05. The zero-order chi connectivity index (χ0) is 21.0. The van der Waals surface area contributed by atoms with E-state index >= 15 is 0 Å². The summed E-state index contributed by atoms with van der Waals surface area (Å²) >= 11 is 0. The monoisotopic (exact) mass is 417 g/mol. The summed E-state index contributed by atoms with van der Waals surface area (Å²) in [5, 5.41) is 5.91. The van der Waals surface area contributed by atoms with Gasteiger partial charge in [0.05, 0.1) is 24.7 Å². The standard InChI is InChI=1S/C21H27N3O4S/c1-15-5-4-6-19(17(15)3)23-21(25)14-22-18-8-7-16(2)20(13-18)29(26,27)24-9-11-28-12-10-24/h4-8,13,22H,9-12,14H2,1-3H3,(H,23,25). The summed E-state index contributed by atoms with van der Waals surface area (Å²) in [6, 6.07) is 10.9. The molecule has 1 heterocycles. The molecule has 1 saturated heterocycles. The maximum absolute atomic E-state index is 13.0. The van der Waals surface area contributed by atoms with Crippen molar-refractivity contribution in [2.75, 3.05) is 43.5 Å². The van der Waals surface area contributed by atoms with E-state index in [0.717, 1.165) is 16.8 Å². The second-order valence-electron chi connectivity index (χ2n) is 7.15. The molecule has 0 bridgehead atoms. The predicted molar refractivity (Wildman–Crippen MR) is 114 cm³/mol. The van der Waals surface area contributed by atoms with Crippen molar-refractivity contribution in [1.29, 1.82) is 0 Å². The second kappa shape index (κ2) is 8.94. The number of sulfonamides is 1. The Morgan fingerprint density at radius 1 is 1.07 bits per heavy atom. The van der Waals surface area contributed by atoms with Gasteiger partial charge in [0, 0.05) is 24.5 Å². The summed E-state index contributed by atoms with van der Waals surface area (Å²) < 4.78 is 32.6. The van der Waals surface area contributed by atoms with E-state index in [1.165, 1.54) is 4.31 Å². The van der Waals surface area contributed by atoms with E-state index in [4.69, 9.17) is 4.74 Å². The number of hydrogen-bond donors (Lipinski definition) is 2. The molecule has 0 aliphatic carbocycles. The van der Waals surface area contributed by atoms with Crippen LogP contribution in [0.4, 0.5) is 11.4 Å². The van der Waals surface area contributed by atoms with Gasteiger partial charge in [-0.2, -0.15) is 4.31 Å². The van der Waals surface area contributed by atoms with E-state index in [-0.39, 0.29) is 17.3 Å². The number of morpholine rings is 1. The smallest absolute Gasteiger partial charge is 0.243 e. The Morgan fingerprint density at radius 3 is 2.52 bits per heavy atom. The first-order chi connectivity index (χ1) is 13.8. The minimum absolute atomic E-state index is 0.0352. The van der Waals surface area contributed by atoms with Crippen molar-refractivity contribution in [3.8, 4) is 0 Å². The van der Waals surface area contributed by atoms with Crippen LogP contribution in [0.5, 0.6) is 0 Å². The number of amides is 1. The molecule has 0 spiro atoms. The molecule has 1 aliphatic rings. The minimum Gasteiger partial charge on any atom is -0.379 e. The Hall–Kier alpha value is -2.42. The Bertz CT molecular complexity index is 999. The number of hydrogen-bond acceptors (Lipinski definition) is 5. The molecular weight excluding hydrogens is 390 g/mol. The van der Waals surface area contributed by atoms with Crippen LogP contribution in [0.15, 0.2) is 41.3 Å². The number of nitrogens with one attached hydrogen (secondary N) is 2. The van der Waals surface area contributed by atoms with Gasteiger partial charge in [0.15, 0.2) is 0 Å². The highest BCUT2D eigenvalue weighted by Gasteiger charge is 2.27. The van der Waals surface area contributed by atoms with E-state index in [1.54, 1.807) is 25.1 Å². The lowest BCUT2D eigenvalue weighted by Gasteiger charge is -2.27. The Balaban J connectivity index is 1.69. The molecule has 1 amide bonds. The van der Waals surface area contributed by atoms with Crippen molar-refractivity contribution < 1.29 is 17.9 Å². The van der Waals surface area contributed by atoms with E-state index in [9.17, 15) is 13.2 Å². The van der Waals surface area contributed by atoms with Gasteiger partial charge >= 0.3 is 0 Å². The number of nitrogens with zero attached hydrogens (tertiary/aromatic N) is 1. The maximum atomic E-state index is 13.0. The molecule has 0 unspecified atom stereocenters. The summed E-state index contributed by atoms with van der Waals surface area (Å²) in [6.45, 7) is 7.24. The molecule has 2 N–H and O–H groups in total. The zero-order valence-electron chi connectivity index (χ0n) is 17.0. The minimum atomic E-state index is -3.60. The molecule has 0 saturated carbocycles. The highest BCUT2D eigenvalue weighted by Crippen LogP contribution is 2.24. The molecule has 156 valence electrons. The van der Waals surface area contributed by atoms with Crippen molar-refractivity contribution in [3.05, 3.63) is 53.1 Å². The largest absolute Gasteiger partial charge is 0.379 e. The third-order valence-electron chi connectivity index (χ3n) is 5.11. The van der Waals surface area contributed by atoms with Crippen LogP contribution in [-0.4, -0.2) is 51.5 Å². The lowest BCUT2D eigenvalue weighted by molar-refractivity contribution is -0.114. The molecular formula is C21H27N3O4S. The molecule has 1 fully saturated rings. The molecule has 3 rings (SSSR count). The van der Waals surface area contributed by atoms with Gasteiger partial charge in [-0.25, -0.2) is 8.42 Å². The van der Waals surface area contributed by atoms with Gasteiger partial charge in [0.1, 0.15) is 0 Å². The van der Waals surface area contributed by atoms with Crippen LogP contribution in [0.2, 0.25) is 0 Å². The van der Waals surface area contributed by atoms with E-state index in [2.05, 4.69) is 10.6 Å². The molecule has 0 atom stereocenters. The number of carbonyl (C=O) groups excluding carboxylic acids is 1. The molecule has 7 nitrogen and oxygen atoms in total. The summed E-state index contributed by atoms with van der Waals surface area (Å²) in [5.41, 5.74) is 4.15. The Labute approximate surface area is 172 Å². The Morgan fingerprint density at radius 2 is 1.79 bits per heavy atom. The first-order valence-electron chi connectivity index (χ1n) is 9.57. The predicted octanol–water partition coefficient (Wildman–Crippen LogP) is 2.68. The van der Waals surface area contributed by atoms with Crippen LogP contribution in [0.3, 0.4) is 0 Å². The molecule has 2 aromatic rings. The fraction of sp³-hybridized carbons (Fsp3) is 0.381. The number of anilines is 2. The number of benzene rings is 2. The van der Waals surface area contributed by atoms with Gasteiger partial charge in [-0.05, 0) is 55.7 Å². The van der Waals surface area contributed by atoms with Crippen LogP contribution in [0.1, 0.15) is 16.7 Å². The maximum Gasteiger partial charge on any atom is 0.243 e. The van der Waals surface area contributed by atoms with Gasteiger partial charge < -0.3 is 15.4 Å². The van der Waals surface area contributed by atoms with Crippen LogP contribution >= 0.6 is 0 Å². The summed E-state index contributed by atoms with van der Waals surface area (Å²) in [4.78, 5) is 12.6. The van der Waals surface area contributed by atoms with Crippen molar-refractivity contribution in [2.45, 2.75) is 25.7 Å². The fourth-order valence-electron chi connectivity index (χ4n) is 3.18. The van der Waals surface area contributed by atoms with Crippen LogP contribution in [-0.2, 0) is 19.6 Å². The molecule has 8 heteroatoms. The average molecular weight is 418 g/mol. The van der Waals surface area contributed by atoms with Crippen LogP contribution in [0.25, 0.3) is 0 Å².